The van der Waals surface area contributed by atoms with Crippen LogP contribution in [0.5, 0.6) is 17.2 Å². The molecule has 2 aromatic carbocycles. The van der Waals surface area contributed by atoms with Crippen molar-refractivity contribution >= 4 is 11.9 Å². The summed E-state index contributed by atoms with van der Waals surface area (Å²) in [6.07, 6.45) is 0. The van der Waals surface area contributed by atoms with Gasteiger partial charge in [-0.25, -0.2) is 4.79 Å². The summed E-state index contributed by atoms with van der Waals surface area (Å²) in [5.74, 6) is 1.05. The summed E-state index contributed by atoms with van der Waals surface area (Å²) in [7, 11) is 4.44. The van der Waals surface area contributed by atoms with E-state index in [1.54, 1.807) is 43.4 Å². The standard InChI is InChI=1S/C21H25NO6/c1-5-22(13-15-9-10-18(25-2)19(11-15)26-3)21(24)16-7-6-8-17(12-16)28-14-20(23)27-4/h6-12H,5,13-14H2,1-4H3. The average Bonchev–Trinajstić information content (AvgIpc) is 2.75. The summed E-state index contributed by atoms with van der Waals surface area (Å²) in [6, 6.07) is 12.3. The van der Waals surface area contributed by atoms with Crippen molar-refractivity contribution in [1.29, 1.82) is 0 Å². The Hall–Kier alpha value is -3.22. The number of carbonyl (C=O) groups is 2. The van der Waals surface area contributed by atoms with Crippen LogP contribution in [0.2, 0.25) is 0 Å². The lowest BCUT2D eigenvalue weighted by Crippen LogP contribution is -2.30. The number of rotatable bonds is 9. The van der Waals surface area contributed by atoms with E-state index in [2.05, 4.69) is 4.74 Å². The molecule has 2 aromatic rings. The number of hydrogen-bond donors (Lipinski definition) is 0. The zero-order valence-electron chi connectivity index (χ0n) is 16.6. The predicted octanol–water partition coefficient (Wildman–Crippen LogP) is 2.92. The van der Waals surface area contributed by atoms with E-state index in [-0.39, 0.29) is 12.5 Å². The Labute approximate surface area is 164 Å². The number of amides is 1. The molecule has 150 valence electrons. The van der Waals surface area contributed by atoms with Crippen LogP contribution in [-0.2, 0) is 16.1 Å². The molecule has 0 N–H and O–H groups in total. The number of nitrogens with zero attached hydrogens (tertiary/aromatic N) is 1. The minimum absolute atomic E-state index is 0.138. The van der Waals surface area contributed by atoms with Crippen LogP contribution >= 0.6 is 0 Å². The number of benzene rings is 2. The van der Waals surface area contributed by atoms with Crippen molar-refractivity contribution in [2.75, 3.05) is 34.5 Å². The molecule has 0 saturated heterocycles. The highest BCUT2D eigenvalue weighted by Gasteiger charge is 2.16. The number of carbonyl (C=O) groups excluding carboxylic acids is 2. The highest BCUT2D eigenvalue weighted by Crippen LogP contribution is 2.28. The smallest absolute Gasteiger partial charge is 0.343 e. The van der Waals surface area contributed by atoms with Gasteiger partial charge in [0.15, 0.2) is 18.1 Å². The van der Waals surface area contributed by atoms with Gasteiger partial charge in [0.05, 0.1) is 21.3 Å². The molecule has 0 bridgehead atoms. The Morgan fingerprint density at radius 1 is 0.964 bits per heavy atom. The van der Waals surface area contributed by atoms with Crippen LogP contribution in [-0.4, -0.2) is 51.3 Å². The SMILES string of the molecule is CCN(Cc1ccc(OC)c(OC)c1)C(=O)c1cccc(OCC(=O)OC)c1. The van der Waals surface area contributed by atoms with Crippen molar-refractivity contribution in [3.05, 3.63) is 53.6 Å². The van der Waals surface area contributed by atoms with Gasteiger partial charge in [-0.3, -0.25) is 4.79 Å². The maximum absolute atomic E-state index is 12.9. The van der Waals surface area contributed by atoms with Gasteiger partial charge in [0, 0.05) is 18.7 Å². The monoisotopic (exact) mass is 387 g/mol. The molecule has 1 amide bonds. The summed E-state index contributed by atoms with van der Waals surface area (Å²) in [5.41, 5.74) is 1.40. The van der Waals surface area contributed by atoms with E-state index in [9.17, 15) is 9.59 Å². The van der Waals surface area contributed by atoms with E-state index >= 15 is 0 Å². The Kier molecular flexibility index (Phi) is 7.68. The Morgan fingerprint density at radius 2 is 1.71 bits per heavy atom. The molecule has 7 nitrogen and oxygen atoms in total. The second-order valence-electron chi connectivity index (χ2n) is 5.90. The molecule has 0 aliphatic carbocycles. The van der Waals surface area contributed by atoms with Gasteiger partial charge in [-0.05, 0) is 42.8 Å². The van der Waals surface area contributed by atoms with Gasteiger partial charge >= 0.3 is 5.97 Å². The molecular formula is C21H25NO6. The Bertz CT molecular complexity index is 820. The van der Waals surface area contributed by atoms with E-state index in [1.165, 1.54) is 7.11 Å². The molecule has 2 rings (SSSR count). The van der Waals surface area contributed by atoms with Crippen LogP contribution in [0, 0.1) is 0 Å². The highest BCUT2D eigenvalue weighted by atomic mass is 16.6. The lowest BCUT2D eigenvalue weighted by atomic mass is 10.1. The van der Waals surface area contributed by atoms with Crippen molar-refractivity contribution in [3.63, 3.8) is 0 Å². The third-order valence-electron chi connectivity index (χ3n) is 4.16. The molecule has 0 unspecified atom stereocenters. The molecule has 28 heavy (non-hydrogen) atoms. The van der Waals surface area contributed by atoms with Crippen molar-refractivity contribution < 1.29 is 28.5 Å². The molecule has 0 aliphatic heterocycles. The topological polar surface area (TPSA) is 74.3 Å². The molecule has 0 aliphatic rings. The van der Waals surface area contributed by atoms with Crippen molar-refractivity contribution in [2.24, 2.45) is 0 Å². The normalized spacial score (nSPS) is 10.1. The van der Waals surface area contributed by atoms with Gasteiger partial charge in [-0.2, -0.15) is 0 Å². The van der Waals surface area contributed by atoms with Crippen LogP contribution in [0.4, 0.5) is 0 Å². The molecule has 0 heterocycles. The van der Waals surface area contributed by atoms with E-state index in [0.29, 0.717) is 35.9 Å². The van der Waals surface area contributed by atoms with Gasteiger partial charge in [-0.15, -0.1) is 0 Å². The number of ether oxygens (including phenoxy) is 4. The Balaban J connectivity index is 2.14. The Morgan fingerprint density at radius 3 is 2.36 bits per heavy atom. The van der Waals surface area contributed by atoms with Crippen LogP contribution in [0.25, 0.3) is 0 Å². The zero-order valence-corrected chi connectivity index (χ0v) is 16.6. The first-order chi connectivity index (χ1) is 13.5. The van der Waals surface area contributed by atoms with E-state index < -0.39 is 5.97 Å². The summed E-state index contributed by atoms with van der Waals surface area (Å²) in [4.78, 5) is 25.9. The second-order valence-corrected chi connectivity index (χ2v) is 5.90. The maximum Gasteiger partial charge on any atom is 0.343 e. The summed E-state index contributed by atoms with van der Waals surface area (Å²) >= 11 is 0. The van der Waals surface area contributed by atoms with Crippen LogP contribution < -0.4 is 14.2 Å². The fourth-order valence-electron chi connectivity index (χ4n) is 2.63. The average molecular weight is 387 g/mol. The van der Waals surface area contributed by atoms with Gasteiger partial charge in [0.25, 0.3) is 5.91 Å². The molecule has 0 saturated carbocycles. The molecule has 0 atom stereocenters. The minimum Gasteiger partial charge on any atom is -0.493 e. The maximum atomic E-state index is 12.9. The van der Waals surface area contributed by atoms with E-state index in [1.807, 2.05) is 25.1 Å². The van der Waals surface area contributed by atoms with Crippen LogP contribution in [0.1, 0.15) is 22.8 Å². The van der Waals surface area contributed by atoms with Gasteiger partial charge < -0.3 is 23.8 Å². The van der Waals surface area contributed by atoms with Crippen LogP contribution in [0.3, 0.4) is 0 Å². The van der Waals surface area contributed by atoms with Gasteiger partial charge in [-0.1, -0.05) is 12.1 Å². The molecule has 7 heteroatoms. The number of esters is 1. The van der Waals surface area contributed by atoms with Gasteiger partial charge in [0.1, 0.15) is 5.75 Å². The fourth-order valence-corrected chi connectivity index (χ4v) is 2.63. The lowest BCUT2D eigenvalue weighted by molar-refractivity contribution is -0.142. The fraction of sp³-hybridized carbons (Fsp3) is 0.333. The molecule has 0 spiro atoms. The van der Waals surface area contributed by atoms with E-state index in [0.717, 1.165) is 5.56 Å². The third kappa shape index (κ3) is 5.39. The summed E-state index contributed by atoms with van der Waals surface area (Å²) in [5, 5.41) is 0. The highest BCUT2D eigenvalue weighted by molar-refractivity contribution is 5.94. The van der Waals surface area contributed by atoms with Crippen molar-refractivity contribution in [1.82, 2.24) is 4.90 Å². The first-order valence-electron chi connectivity index (χ1n) is 8.82. The first-order valence-corrected chi connectivity index (χ1v) is 8.82. The lowest BCUT2D eigenvalue weighted by Gasteiger charge is -2.22. The third-order valence-corrected chi connectivity index (χ3v) is 4.16. The molecule has 0 radical (unpaired) electrons. The number of methoxy groups -OCH3 is 3. The first kappa shape index (κ1) is 21.1. The predicted molar refractivity (Wildman–Crippen MR) is 104 cm³/mol. The molecular weight excluding hydrogens is 362 g/mol. The number of hydrogen-bond acceptors (Lipinski definition) is 6. The summed E-state index contributed by atoms with van der Waals surface area (Å²) < 4.78 is 20.5. The van der Waals surface area contributed by atoms with Crippen molar-refractivity contribution in [3.8, 4) is 17.2 Å². The zero-order chi connectivity index (χ0) is 20.5. The molecule has 0 aromatic heterocycles. The van der Waals surface area contributed by atoms with E-state index in [4.69, 9.17) is 14.2 Å². The van der Waals surface area contributed by atoms with Crippen LogP contribution in [0.15, 0.2) is 42.5 Å². The van der Waals surface area contributed by atoms with Gasteiger partial charge in [0.2, 0.25) is 0 Å². The second kappa shape index (κ2) is 10.2. The quantitative estimate of drug-likeness (QED) is 0.616. The summed E-state index contributed by atoms with van der Waals surface area (Å²) in [6.45, 7) is 2.65. The molecule has 0 fully saturated rings. The van der Waals surface area contributed by atoms with Crippen molar-refractivity contribution in [2.45, 2.75) is 13.5 Å². The minimum atomic E-state index is -0.486. The largest absolute Gasteiger partial charge is 0.493 e.